The zero-order valence-electron chi connectivity index (χ0n) is 20.6. The van der Waals surface area contributed by atoms with Gasteiger partial charge in [-0.3, -0.25) is 4.72 Å². The van der Waals surface area contributed by atoms with E-state index >= 15 is 0 Å². The van der Waals surface area contributed by atoms with Crippen LogP contribution in [0.25, 0.3) is 22.2 Å². The number of hydrogen-bond acceptors (Lipinski definition) is 7. The molecule has 1 aliphatic rings. The van der Waals surface area contributed by atoms with E-state index in [-0.39, 0.29) is 17.8 Å². The molecule has 37 heavy (non-hydrogen) atoms. The van der Waals surface area contributed by atoms with Gasteiger partial charge in [-0.05, 0) is 55.5 Å². The third kappa shape index (κ3) is 4.95. The lowest BCUT2D eigenvalue weighted by Gasteiger charge is -2.30. The van der Waals surface area contributed by atoms with Gasteiger partial charge in [0.05, 0.1) is 29.6 Å². The number of rotatable bonds is 9. The topological polar surface area (TPSA) is 119 Å². The number of fused-ring (bicyclic) bond motifs is 1. The minimum atomic E-state index is -3.39. The van der Waals surface area contributed by atoms with Crippen molar-refractivity contribution in [3.63, 3.8) is 0 Å². The Bertz CT molecular complexity index is 1590. The van der Waals surface area contributed by atoms with Crippen LogP contribution >= 0.6 is 0 Å². The van der Waals surface area contributed by atoms with E-state index in [1.54, 1.807) is 30.5 Å². The lowest BCUT2D eigenvalue weighted by Crippen LogP contribution is -2.18. The van der Waals surface area contributed by atoms with Crippen molar-refractivity contribution < 1.29 is 17.9 Å². The van der Waals surface area contributed by atoms with E-state index in [0.29, 0.717) is 29.3 Å². The van der Waals surface area contributed by atoms with Crippen LogP contribution in [0.4, 0.5) is 5.69 Å². The molecule has 9 nitrogen and oxygen atoms in total. The molecule has 1 fully saturated rings. The Morgan fingerprint density at radius 2 is 1.95 bits per heavy atom. The van der Waals surface area contributed by atoms with Crippen molar-refractivity contribution in [2.24, 2.45) is 0 Å². The average molecular weight is 518 g/mol. The summed E-state index contributed by atoms with van der Waals surface area (Å²) in [6, 6.07) is 17.2. The molecule has 1 aliphatic carbocycles. The molecule has 0 atom stereocenters. The first kappa shape index (κ1) is 24.6. The summed E-state index contributed by atoms with van der Waals surface area (Å²) in [5.41, 5.74) is 3.63. The molecule has 2 aromatic heterocycles. The summed E-state index contributed by atoms with van der Waals surface area (Å²) in [6.45, 7) is 1.82. The van der Waals surface area contributed by atoms with Gasteiger partial charge in [0.15, 0.2) is 0 Å². The normalized spacial score (nSPS) is 13.6. The van der Waals surface area contributed by atoms with Gasteiger partial charge in [-0.2, -0.15) is 10.2 Å². The van der Waals surface area contributed by atoms with Crippen LogP contribution in [0.15, 0.2) is 54.7 Å². The molecule has 1 N–H and O–H groups in total. The van der Waals surface area contributed by atoms with Crippen LogP contribution in [0, 0.1) is 11.3 Å². The molecule has 0 saturated heterocycles. The molecule has 2 heterocycles. The summed E-state index contributed by atoms with van der Waals surface area (Å²) in [7, 11) is -1.86. The molecule has 190 valence electrons. The van der Waals surface area contributed by atoms with Crippen molar-refractivity contribution in [3.05, 3.63) is 60.3 Å². The minimum absolute atomic E-state index is 0.0639. The molecule has 4 aromatic rings. The van der Waals surface area contributed by atoms with Crippen LogP contribution in [0.1, 0.15) is 44.2 Å². The van der Waals surface area contributed by atoms with Gasteiger partial charge < -0.3 is 14.0 Å². The summed E-state index contributed by atoms with van der Waals surface area (Å²) in [5, 5.41) is 11.0. The number of nitriles is 1. The maximum Gasteiger partial charge on any atom is 0.325 e. The van der Waals surface area contributed by atoms with Crippen LogP contribution in [-0.2, 0) is 10.0 Å². The maximum atomic E-state index is 12.2. The summed E-state index contributed by atoms with van der Waals surface area (Å²) in [4.78, 5) is 8.38. The second kappa shape index (κ2) is 10.1. The SMILES string of the molecule is CCCS(=O)(=O)Nc1ccc(-c2c(C#N)c3ccc(Oc4nccc(OC)n4)cc3n2C2CCC2)cc1. The highest BCUT2D eigenvalue weighted by Crippen LogP contribution is 2.43. The van der Waals surface area contributed by atoms with E-state index in [2.05, 4.69) is 25.3 Å². The average Bonchev–Trinajstić information content (AvgIpc) is 3.16. The second-order valence-corrected chi connectivity index (χ2v) is 10.8. The van der Waals surface area contributed by atoms with E-state index < -0.39 is 10.0 Å². The van der Waals surface area contributed by atoms with Gasteiger partial charge >= 0.3 is 6.01 Å². The number of methoxy groups -OCH3 is 1. The lowest BCUT2D eigenvalue weighted by molar-refractivity contribution is 0.324. The Balaban J connectivity index is 1.57. The fourth-order valence-corrected chi connectivity index (χ4v) is 5.70. The molecule has 0 bridgehead atoms. The minimum Gasteiger partial charge on any atom is -0.481 e. The second-order valence-electron chi connectivity index (χ2n) is 8.95. The predicted molar refractivity (Wildman–Crippen MR) is 141 cm³/mol. The molecular formula is C27H27N5O4S. The van der Waals surface area contributed by atoms with Crippen LogP contribution in [-0.4, -0.2) is 35.8 Å². The first-order chi connectivity index (χ1) is 17.9. The zero-order valence-corrected chi connectivity index (χ0v) is 21.5. The molecule has 10 heteroatoms. The summed E-state index contributed by atoms with van der Waals surface area (Å²) in [6.07, 6.45) is 5.25. The number of anilines is 1. The van der Waals surface area contributed by atoms with E-state index in [0.717, 1.165) is 41.4 Å². The van der Waals surface area contributed by atoms with Gasteiger partial charge in [-0.1, -0.05) is 19.1 Å². The van der Waals surface area contributed by atoms with Gasteiger partial charge in [0.2, 0.25) is 15.9 Å². The highest BCUT2D eigenvalue weighted by atomic mass is 32.2. The standard InChI is InChI=1S/C27H27N5O4S/c1-3-15-37(33,34)31-19-9-7-18(8-10-19)26-23(17-28)22-12-11-21(16-24(22)32(26)20-5-4-6-20)36-27-29-14-13-25(30-27)35-2/h7-14,16,20,31H,3-6,15H2,1-2H3. The van der Waals surface area contributed by atoms with Gasteiger partial charge in [-0.15, -0.1) is 0 Å². The van der Waals surface area contributed by atoms with Crippen LogP contribution in [0.2, 0.25) is 0 Å². The Hall–Kier alpha value is -4.10. The van der Waals surface area contributed by atoms with Crippen LogP contribution < -0.4 is 14.2 Å². The van der Waals surface area contributed by atoms with Crippen molar-refractivity contribution in [2.45, 2.75) is 38.6 Å². The lowest BCUT2D eigenvalue weighted by atomic mass is 9.92. The highest BCUT2D eigenvalue weighted by molar-refractivity contribution is 7.92. The Morgan fingerprint density at radius 3 is 2.59 bits per heavy atom. The largest absolute Gasteiger partial charge is 0.481 e. The molecule has 0 aliphatic heterocycles. The fraction of sp³-hybridized carbons (Fsp3) is 0.296. The quantitative estimate of drug-likeness (QED) is 0.305. The highest BCUT2D eigenvalue weighted by Gasteiger charge is 2.28. The summed E-state index contributed by atoms with van der Waals surface area (Å²) < 4.78 is 40.3. The van der Waals surface area contributed by atoms with Gasteiger partial charge in [0.25, 0.3) is 0 Å². The third-order valence-corrected chi connectivity index (χ3v) is 7.95. The van der Waals surface area contributed by atoms with E-state index in [1.807, 2.05) is 31.2 Å². The number of hydrogen-bond donors (Lipinski definition) is 1. The smallest absolute Gasteiger partial charge is 0.325 e. The number of benzene rings is 2. The molecule has 0 spiro atoms. The maximum absolute atomic E-state index is 12.2. The fourth-order valence-electron chi connectivity index (χ4n) is 4.56. The summed E-state index contributed by atoms with van der Waals surface area (Å²) >= 11 is 0. The van der Waals surface area contributed by atoms with Gasteiger partial charge in [-0.25, -0.2) is 13.4 Å². The van der Waals surface area contributed by atoms with Crippen LogP contribution in [0.5, 0.6) is 17.6 Å². The molecule has 1 saturated carbocycles. The van der Waals surface area contributed by atoms with Crippen molar-refractivity contribution in [1.29, 1.82) is 5.26 Å². The first-order valence-corrected chi connectivity index (χ1v) is 13.8. The summed E-state index contributed by atoms with van der Waals surface area (Å²) in [5.74, 6) is 1.02. The molecule has 0 radical (unpaired) electrons. The molecule has 0 amide bonds. The Labute approximate surface area is 215 Å². The number of ether oxygens (including phenoxy) is 2. The van der Waals surface area contributed by atoms with E-state index in [4.69, 9.17) is 9.47 Å². The van der Waals surface area contributed by atoms with Gasteiger partial charge in [0.1, 0.15) is 11.8 Å². The zero-order chi connectivity index (χ0) is 26.0. The van der Waals surface area contributed by atoms with Crippen molar-refractivity contribution >= 4 is 26.6 Å². The molecule has 5 rings (SSSR count). The van der Waals surface area contributed by atoms with Gasteiger partial charge in [0, 0.05) is 35.4 Å². The third-order valence-electron chi connectivity index (χ3n) is 6.46. The number of aromatic nitrogens is 3. The van der Waals surface area contributed by atoms with Crippen LogP contribution in [0.3, 0.4) is 0 Å². The Morgan fingerprint density at radius 1 is 1.16 bits per heavy atom. The Kier molecular flexibility index (Phi) is 6.72. The van der Waals surface area contributed by atoms with E-state index in [1.165, 1.54) is 7.11 Å². The van der Waals surface area contributed by atoms with E-state index in [9.17, 15) is 13.7 Å². The monoisotopic (exact) mass is 517 g/mol. The predicted octanol–water partition coefficient (Wildman–Crippen LogP) is 5.65. The van der Waals surface area contributed by atoms with Crippen molar-refractivity contribution in [3.8, 4) is 35.0 Å². The number of sulfonamides is 1. The molecular weight excluding hydrogens is 490 g/mol. The molecule has 0 unspecified atom stereocenters. The first-order valence-electron chi connectivity index (χ1n) is 12.2. The van der Waals surface area contributed by atoms with Crippen molar-refractivity contribution in [2.75, 3.05) is 17.6 Å². The molecule has 2 aromatic carbocycles. The number of nitrogens with zero attached hydrogens (tertiary/aromatic N) is 4. The van der Waals surface area contributed by atoms with Crippen molar-refractivity contribution in [1.82, 2.24) is 14.5 Å². The number of nitrogens with one attached hydrogen (secondary N) is 1.